The van der Waals surface area contributed by atoms with Crippen LogP contribution in [0, 0.1) is 0 Å². The van der Waals surface area contributed by atoms with Crippen LogP contribution in [0.2, 0.25) is 0 Å². The van der Waals surface area contributed by atoms with Gasteiger partial charge in [0.15, 0.2) is 0 Å². The number of aliphatic hydroxyl groups excluding tert-OH is 1. The summed E-state index contributed by atoms with van der Waals surface area (Å²) in [5.74, 6) is -0.948. The first-order valence-electron chi connectivity index (χ1n) is 9.01. The number of rotatable bonds is 6. The van der Waals surface area contributed by atoms with Crippen LogP contribution < -0.4 is 4.74 Å². The minimum Gasteiger partial charge on any atom is -0.507 e. The molecule has 1 saturated heterocycles. The van der Waals surface area contributed by atoms with E-state index in [1.54, 1.807) is 48.7 Å². The Morgan fingerprint density at radius 1 is 1.19 bits per heavy atom. The highest BCUT2D eigenvalue weighted by Crippen LogP contribution is 2.38. The first-order chi connectivity index (χ1) is 13.1. The van der Waals surface area contributed by atoms with Crippen LogP contribution in [0.15, 0.2) is 54.2 Å². The highest BCUT2D eigenvalue weighted by molar-refractivity contribution is 6.46. The van der Waals surface area contributed by atoms with Crippen molar-refractivity contribution in [2.45, 2.75) is 26.3 Å². The Labute approximate surface area is 158 Å². The summed E-state index contributed by atoms with van der Waals surface area (Å²) in [4.78, 5) is 31.1. The van der Waals surface area contributed by atoms with Gasteiger partial charge in [-0.15, -0.1) is 0 Å². The average Bonchev–Trinajstić information content (AvgIpc) is 2.94. The molecule has 1 unspecified atom stereocenters. The van der Waals surface area contributed by atoms with Crippen molar-refractivity contribution in [1.82, 2.24) is 9.88 Å². The van der Waals surface area contributed by atoms with E-state index >= 15 is 0 Å². The van der Waals surface area contributed by atoms with Gasteiger partial charge in [0.2, 0.25) is 0 Å². The molecule has 1 amide bonds. The number of carbonyl (C=O) groups excluding carboxylic acids is 2. The predicted molar refractivity (Wildman–Crippen MR) is 101 cm³/mol. The number of likely N-dealkylation sites (tertiary alicyclic amines) is 1. The van der Waals surface area contributed by atoms with Crippen molar-refractivity contribution >= 4 is 17.4 Å². The van der Waals surface area contributed by atoms with E-state index in [0.717, 1.165) is 0 Å². The SMILES string of the molecule is CCCN1C(=O)C(=O)/C(=C(\O)c2cccc(OCC)c2)C1c1ccccn1. The summed E-state index contributed by atoms with van der Waals surface area (Å²) in [5.41, 5.74) is 1.03. The molecule has 27 heavy (non-hydrogen) atoms. The first-order valence-corrected chi connectivity index (χ1v) is 9.01. The Morgan fingerprint density at radius 2 is 2.00 bits per heavy atom. The van der Waals surface area contributed by atoms with Gasteiger partial charge in [-0.1, -0.05) is 25.1 Å². The van der Waals surface area contributed by atoms with Gasteiger partial charge >= 0.3 is 0 Å². The molecule has 3 rings (SSSR count). The number of nitrogens with zero attached hydrogens (tertiary/aromatic N) is 2. The number of amides is 1. The van der Waals surface area contributed by atoms with Crippen LogP contribution in [-0.4, -0.2) is 39.8 Å². The number of hydrogen-bond donors (Lipinski definition) is 1. The molecule has 6 nitrogen and oxygen atoms in total. The van der Waals surface area contributed by atoms with Crippen LogP contribution in [0.5, 0.6) is 5.75 Å². The van der Waals surface area contributed by atoms with Gasteiger partial charge in [0.1, 0.15) is 17.6 Å². The third-order valence-corrected chi connectivity index (χ3v) is 4.39. The quantitative estimate of drug-likeness (QED) is 0.482. The molecule has 0 saturated carbocycles. The van der Waals surface area contributed by atoms with Crippen molar-refractivity contribution in [3.8, 4) is 5.75 Å². The zero-order chi connectivity index (χ0) is 19.4. The van der Waals surface area contributed by atoms with Crippen LogP contribution >= 0.6 is 0 Å². The zero-order valence-electron chi connectivity index (χ0n) is 15.4. The van der Waals surface area contributed by atoms with E-state index < -0.39 is 17.7 Å². The molecule has 2 heterocycles. The second kappa shape index (κ2) is 8.03. The second-order valence-electron chi connectivity index (χ2n) is 6.21. The van der Waals surface area contributed by atoms with Crippen LogP contribution in [-0.2, 0) is 9.59 Å². The molecule has 0 bridgehead atoms. The Kier molecular flexibility index (Phi) is 5.54. The number of ether oxygens (including phenoxy) is 1. The maximum absolute atomic E-state index is 12.7. The van der Waals surface area contributed by atoms with Gasteiger partial charge in [-0.3, -0.25) is 14.6 Å². The molecular weight excluding hydrogens is 344 g/mol. The fourth-order valence-electron chi connectivity index (χ4n) is 3.25. The Balaban J connectivity index is 2.14. The van der Waals surface area contributed by atoms with Gasteiger partial charge < -0.3 is 14.7 Å². The summed E-state index contributed by atoms with van der Waals surface area (Å²) in [6, 6.07) is 11.4. The molecule has 1 aliphatic heterocycles. The lowest BCUT2D eigenvalue weighted by Crippen LogP contribution is -2.30. The van der Waals surface area contributed by atoms with Gasteiger partial charge in [0.25, 0.3) is 11.7 Å². The Hall–Kier alpha value is -3.15. The number of Topliss-reactive ketones (excluding diaryl/α,β-unsaturated/α-hetero) is 1. The zero-order valence-corrected chi connectivity index (χ0v) is 15.4. The fourth-order valence-corrected chi connectivity index (χ4v) is 3.25. The summed E-state index contributed by atoms with van der Waals surface area (Å²) in [6.07, 6.45) is 2.30. The minimum atomic E-state index is -0.707. The molecule has 1 aliphatic rings. The molecule has 1 aromatic carbocycles. The molecule has 1 fully saturated rings. The highest BCUT2D eigenvalue weighted by Gasteiger charge is 2.46. The molecule has 1 N–H and O–H groups in total. The van der Waals surface area contributed by atoms with Gasteiger partial charge in [-0.05, 0) is 37.6 Å². The van der Waals surface area contributed by atoms with E-state index in [0.29, 0.717) is 36.6 Å². The van der Waals surface area contributed by atoms with Crippen molar-refractivity contribution in [3.63, 3.8) is 0 Å². The molecule has 2 aromatic rings. The summed E-state index contributed by atoms with van der Waals surface area (Å²) in [6.45, 7) is 4.69. The van der Waals surface area contributed by atoms with Crippen molar-refractivity contribution in [3.05, 3.63) is 65.5 Å². The molecule has 0 spiro atoms. The van der Waals surface area contributed by atoms with Gasteiger partial charge in [0.05, 0.1) is 17.9 Å². The van der Waals surface area contributed by atoms with Crippen LogP contribution in [0.25, 0.3) is 5.76 Å². The van der Waals surface area contributed by atoms with Crippen molar-refractivity contribution in [2.75, 3.05) is 13.2 Å². The topological polar surface area (TPSA) is 79.7 Å². The summed E-state index contributed by atoms with van der Waals surface area (Å²) in [5, 5.41) is 10.9. The van der Waals surface area contributed by atoms with E-state index in [1.807, 2.05) is 13.8 Å². The maximum atomic E-state index is 12.7. The average molecular weight is 366 g/mol. The predicted octanol–water partition coefficient (Wildman–Crippen LogP) is 3.31. The third-order valence-electron chi connectivity index (χ3n) is 4.39. The number of carbonyl (C=O) groups is 2. The number of pyridine rings is 1. The highest BCUT2D eigenvalue weighted by atomic mass is 16.5. The van der Waals surface area contributed by atoms with Gasteiger partial charge in [-0.2, -0.15) is 0 Å². The summed E-state index contributed by atoms with van der Waals surface area (Å²) in [7, 11) is 0. The lowest BCUT2D eigenvalue weighted by Gasteiger charge is -2.23. The van der Waals surface area contributed by atoms with E-state index in [1.165, 1.54) is 4.90 Å². The van der Waals surface area contributed by atoms with Crippen LogP contribution in [0.1, 0.15) is 37.6 Å². The lowest BCUT2D eigenvalue weighted by molar-refractivity contribution is -0.139. The molecule has 1 atom stereocenters. The number of aromatic nitrogens is 1. The van der Waals surface area contributed by atoms with Gasteiger partial charge in [-0.25, -0.2) is 0 Å². The lowest BCUT2D eigenvalue weighted by atomic mass is 9.98. The van der Waals surface area contributed by atoms with E-state index in [-0.39, 0.29) is 11.3 Å². The first kappa shape index (κ1) is 18.6. The summed E-state index contributed by atoms with van der Waals surface area (Å²) < 4.78 is 5.47. The molecule has 0 radical (unpaired) electrons. The number of hydrogen-bond acceptors (Lipinski definition) is 5. The molecule has 0 aliphatic carbocycles. The minimum absolute atomic E-state index is 0.0563. The number of aliphatic hydroxyl groups is 1. The molecule has 140 valence electrons. The van der Waals surface area contributed by atoms with Crippen molar-refractivity contribution < 1.29 is 19.4 Å². The fraction of sp³-hybridized carbons (Fsp3) is 0.286. The van der Waals surface area contributed by atoms with Crippen molar-refractivity contribution in [1.29, 1.82) is 0 Å². The molecular formula is C21H22N2O4. The maximum Gasteiger partial charge on any atom is 0.295 e. The Morgan fingerprint density at radius 3 is 2.67 bits per heavy atom. The Bertz CT molecular complexity index is 877. The number of benzene rings is 1. The normalized spacial score (nSPS) is 18.7. The smallest absolute Gasteiger partial charge is 0.295 e. The molecule has 6 heteroatoms. The summed E-state index contributed by atoms with van der Waals surface area (Å²) >= 11 is 0. The largest absolute Gasteiger partial charge is 0.507 e. The monoisotopic (exact) mass is 366 g/mol. The standard InChI is InChI=1S/C21H22N2O4/c1-3-12-23-18(16-10-5-6-11-22-16)17(20(25)21(23)26)19(24)14-8-7-9-15(13-14)27-4-2/h5-11,13,18,24H,3-4,12H2,1-2H3/b19-17-. The van der Waals surface area contributed by atoms with Crippen LogP contribution in [0.4, 0.5) is 0 Å². The number of ketones is 1. The van der Waals surface area contributed by atoms with E-state index in [2.05, 4.69) is 4.98 Å². The van der Waals surface area contributed by atoms with E-state index in [4.69, 9.17) is 4.74 Å². The van der Waals surface area contributed by atoms with Crippen LogP contribution in [0.3, 0.4) is 0 Å². The molecule has 1 aromatic heterocycles. The second-order valence-corrected chi connectivity index (χ2v) is 6.21. The van der Waals surface area contributed by atoms with E-state index in [9.17, 15) is 14.7 Å². The van der Waals surface area contributed by atoms with Crippen molar-refractivity contribution in [2.24, 2.45) is 0 Å². The third kappa shape index (κ3) is 3.56. The van der Waals surface area contributed by atoms with Gasteiger partial charge in [0, 0.05) is 18.3 Å².